The quantitative estimate of drug-likeness (QED) is 0.564. The minimum atomic E-state index is -0.713. The van der Waals surface area contributed by atoms with Gasteiger partial charge < -0.3 is 10.6 Å². The predicted molar refractivity (Wildman–Crippen MR) is 110 cm³/mol. The van der Waals surface area contributed by atoms with E-state index in [0.29, 0.717) is 6.54 Å². The van der Waals surface area contributed by atoms with Crippen LogP contribution < -0.4 is 10.6 Å². The van der Waals surface area contributed by atoms with E-state index in [-0.39, 0.29) is 17.5 Å². The maximum absolute atomic E-state index is 13.6. The predicted octanol–water partition coefficient (Wildman–Crippen LogP) is 4.86. The van der Waals surface area contributed by atoms with Crippen LogP contribution in [0.5, 0.6) is 0 Å². The van der Waals surface area contributed by atoms with Gasteiger partial charge >= 0.3 is 0 Å². The van der Waals surface area contributed by atoms with Crippen LogP contribution in [0.4, 0.5) is 14.5 Å². The summed E-state index contributed by atoms with van der Waals surface area (Å²) in [5.74, 6) is -1.74. The zero-order chi connectivity index (χ0) is 20.6. The van der Waals surface area contributed by atoms with E-state index in [4.69, 9.17) is 0 Å². The second-order valence-electron chi connectivity index (χ2n) is 6.57. The van der Waals surface area contributed by atoms with Gasteiger partial charge in [-0.15, -0.1) is 0 Å². The van der Waals surface area contributed by atoms with Crippen LogP contribution in [0.1, 0.15) is 29.7 Å². The van der Waals surface area contributed by atoms with Gasteiger partial charge in [0.15, 0.2) is 0 Å². The number of rotatable bonds is 7. The Kier molecular flexibility index (Phi) is 6.68. The number of aromatic nitrogens is 1. The first-order chi connectivity index (χ1) is 14.0. The molecule has 29 heavy (non-hydrogen) atoms. The molecular formula is C23H21F2N3O. The Morgan fingerprint density at radius 2 is 2.00 bits per heavy atom. The van der Waals surface area contributed by atoms with Crippen molar-refractivity contribution in [1.82, 2.24) is 10.3 Å². The molecule has 0 aliphatic carbocycles. The van der Waals surface area contributed by atoms with Gasteiger partial charge in [0.05, 0.1) is 6.04 Å². The van der Waals surface area contributed by atoms with Crippen molar-refractivity contribution < 1.29 is 13.6 Å². The average molecular weight is 393 g/mol. The minimum absolute atomic E-state index is 0.149. The van der Waals surface area contributed by atoms with Crippen LogP contribution in [0.25, 0.3) is 6.08 Å². The summed E-state index contributed by atoms with van der Waals surface area (Å²) in [6.45, 7) is 2.51. The van der Waals surface area contributed by atoms with Gasteiger partial charge in [-0.3, -0.25) is 9.78 Å². The number of nitrogens with one attached hydrogen (secondary N) is 2. The third kappa shape index (κ3) is 5.97. The number of nitrogens with zero attached hydrogens (tertiary/aromatic N) is 1. The lowest BCUT2D eigenvalue weighted by Crippen LogP contribution is -2.24. The third-order valence-corrected chi connectivity index (χ3v) is 4.34. The van der Waals surface area contributed by atoms with E-state index in [1.54, 1.807) is 12.4 Å². The minimum Gasteiger partial charge on any atom is -0.381 e. The standard InChI is InChI=1S/C23H21F2N3O/c1-16(28-23(29)10-8-18-7-9-20(24)13-22(18)25)19-5-2-6-21(12-19)27-15-17-4-3-11-26-14-17/h2-14,16,27H,15H2,1H3,(H,28,29). The van der Waals surface area contributed by atoms with Crippen LogP contribution in [0.15, 0.2) is 73.1 Å². The summed E-state index contributed by atoms with van der Waals surface area (Å²) in [4.78, 5) is 16.2. The molecule has 2 N–H and O–H groups in total. The van der Waals surface area contributed by atoms with Crippen molar-refractivity contribution in [2.75, 3.05) is 5.32 Å². The van der Waals surface area contributed by atoms with E-state index in [1.165, 1.54) is 18.2 Å². The molecule has 6 heteroatoms. The zero-order valence-electron chi connectivity index (χ0n) is 15.9. The molecule has 1 amide bonds. The van der Waals surface area contributed by atoms with Crippen molar-refractivity contribution in [2.24, 2.45) is 0 Å². The van der Waals surface area contributed by atoms with Gasteiger partial charge in [-0.1, -0.05) is 18.2 Å². The number of hydrogen-bond donors (Lipinski definition) is 2. The summed E-state index contributed by atoms with van der Waals surface area (Å²) in [7, 11) is 0. The number of hydrogen-bond acceptors (Lipinski definition) is 3. The lowest BCUT2D eigenvalue weighted by molar-refractivity contribution is -0.117. The molecule has 0 saturated heterocycles. The zero-order valence-corrected chi connectivity index (χ0v) is 15.9. The van der Waals surface area contributed by atoms with Crippen molar-refractivity contribution in [3.63, 3.8) is 0 Å². The molecule has 0 bridgehead atoms. The van der Waals surface area contributed by atoms with Crippen LogP contribution in [0.3, 0.4) is 0 Å². The van der Waals surface area contributed by atoms with E-state index in [2.05, 4.69) is 15.6 Å². The number of carbonyl (C=O) groups excluding carboxylic acids is 1. The topological polar surface area (TPSA) is 54.0 Å². The maximum atomic E-state index is 13.6. The molecule has 2 aromatic carbocycles. The molecule has 0 saturated carbocycles. The fraction of sp³-hybridized carbons (Fsp3) is 0.130. The summed E-state index contributed by atoms with van der Waals surface area (Å²) in [6, 6.07) is 14.6. The Bertz CT molecular complexity index is 1010. The fourth-order valence-electron chi connectivity index (χ4n) is 2.77. The fourth-order valence-corrected chi connectivity index (χ4v) is 2.77. The largest absolute Gasteiger partial charge is 0.381 e. The molecule has 1 aromatic heterocycles. The van der Waals surface area contributed by atoms with Crippen molar-refractivity contribution in [1.29, 1.82) is 0 Å². The average Bonchev–Trinajstić information content (AvgIpc) is 2.72. The van der Waals surface area contributed by atoms with Gasteiger partial charge in [0, 0.05) is 42.3 Å². The van der Waals surface area contributed by atoms with E-state index in [1.807, 2.05) is 43.3 Å². The second-order valence-corrected chi connectivity index (χ2v) is 6.57. The number of anilines is 1. The molecule has 3 rings (SSSR count). The number of pyridine rings is 1. The normalized spacial score (nSPS) is 12.0. The molecule has 1 atom stereocenters. The van der Waals surface area contributed by atoms with E-state index >= 15 is 0 Å². The summed E-state index contributed by atoms with van der Waals surface area (Å²) < 4.78 is 26.6. The summed E-state index contributed by atoms with van der Waals surface area (Å²) in [5.41, 5.74) is 3.07. The Morgan fingerprint density at radius 3 is 2.76 bits per heavy atom. The molecule has 0 spiro atoms. The highest BCUT2D eigenvalue weighted by Gasteiger charge is 2.09. The van der Waals surface area contributed by atoms with Gasteiger partial charge in [-0.25, -0.2) is 8.78 Å². The number of carbonyl (C=O) groups is 1. The lowest BCUT2D eigenvalue weighted by atomic mass is 10.1. The summed E-state index contributed by atoms with van der Waals surface area (Å²) in [6.07, 6.45) is 6.09. The molecule has 148 valence electrons. The highest BCUT2D eigenvalue weighted by Crippen LogP contribution is 2.18. The SMILES string of the molecule is CC(NC(=O)C=Cc1ccc(F)cc1F)c1cccc(NCc2cccnc2)c1. The Labute approximate surface area is 168 Å². The van der Waals surface area contributed by atoms with Crippen molar-refractivity contribution in [2.45, 2.75) is 19.5 Å². The van der Waals surface area contributed by atoms with Crippen molar-refractivity contribution in [3.8, 4) is 0 Å². The van der Waals surface area contributed by atoms with Crippen LogP contribution in [0, 0.1) is 11.6 Å². The number of halogens is 2. The number of benzene rings is 2. The van der Waals surface area contributed by atoms with Crippen LogP contribution in [-0.4, -0.2) is 10.9 Å². The molecule has 1 unspecified atom stereocenters. The van der Waals surface area contributed by atoms with E-state index < -0.39 is 11.6 Å². The van der Waals surface area contributed by atoms with Crippen molar-refractivity contribution >= 4 is 17.7 Å². The van der Waals surface area contributed by atoms with Gasteiger partial charge in [-0.2, -0.15) is 0 Å². The van der Waals surface area contributed by atoms with Crippen LogP contribution >= 0.6 is 0 Å². The van der Waals surface area contributed by atoms with Crippen LogP contribution in [-0.2, 0) is 11.3 Å². The van der Waals surface area contributed by atoms with E-state index in [0.717, 1.165) is 28.9 Å². The summed E-state index contributed by atoms with van der Waals surface area (Å²) in [5, 5.41) is 6.17. The van der Waals surface area contributed by atoms with Gasteiger partial charge in [0.1, 0.15) is 11.6 Å². The summed E-state index contributed by atoms with van der Waals surface area (Å²) >= 11 is 0. The van der Waals surface area contributed by atoms with Crippen molar-refractivity contribution in [3.05, 3.63) is 101 Å². The van der Waals surface area contributed by atoms with Gasteiger partial charge in [-0.05, 0) is 54.5 Å². The second kappa shape index (κ2) is 9.59. The molecule has 1 heterocycles. The number of amides is 1. The first-order valence-electron chi connectivity index (χ1n) is 9.17. The van der Waals surface area contributed by atoms with Gasteiger partial charge in [0.2, 0.25) is 5.91 Å². The highest BCUT2D eigenvalue weighted by molar-refractivity contribution is 5.92. The third-order valence-electron chi connectivity index (χ3n) is 4.34. The monoisotopic (exact) mass is 393 g/mol. The lowest BCUT2D eigenvalue weighted by Gasteiger charge is -2.15. The molecular weight excluding hydrogens is 372 g/mol. The van der Waals surface area contributed by atoms with Crippen LogP contribution in [0.2, 0.25) is 0 Å². The molecule has 0 aliphatic rings. The molecule has 0 fully saturated rings. The molecule has 3 aromatic rings. The highest BCUT2D eigenvalue weighted by atomic mass is 19.1. The van der Waals surface area contributed by atoms with E-state index in [9.17, 15) is 13.6 Å². The Morgan fingerprint density at radius 1 is 1.14 bits per heavy atom. The Hall–Kier alpha value is -3.54. The maximum Gasteiger partial charge on any atom is 0.244 e. The van der Waals surface area contributed by atoms with Gasteiger partial charge in [0.25, 0.3) is 0 Å². The smallest absolute Gasteiger partial charge is 0.244 e. The first-order valence-corrected chi connectivity index (χ1v) is 9.17. The Balaban J connectivity index is 1.59. The first kappa shape index (κ1) is 20.2. The molecule has 4 nitrogen and oxygen atoms in total. The molecule has 0 radical (unpaired) electrons. The molecule has 0 aliphatic heterocycles.